The van der Waals surface area contributed by atoms with Gasteiger partial charge in [0.25, 0.3) is 5.56 Å². The highest BCUT2D eigenvalue weighted by Gasteiger charge is 2.41. The molecule has 1 atom stereocenters. The number of pyridine rings is 1. The summed E-state index contributed by atoms with van der Waals surface area (Å²) in [6, 6.07) is 14.4. The molecule has 0 saturated heterocycles. The van der Waals surface area contributed by atoms with E-state index in [0.29, 0.717) is 39.4 Å². The summed E-state index contributed by atoms with van der Waals surface area (Å²) < 4.78 is 12.5. The van der Waals surface area contributed by atoms with E-state index in [-0.39, 0.29) is 23.2 Å². The quantitative estimate of drug-likeness (QED) is 0.275. The first-order valence-electron chi connectivity index (χ1n) is 13.2. The maximum Gasteiger partial charge on any atom is 0.338 e. The number of ketones is 1. The van der Waals surface area contributed by atoms with Crippen molar-refractivity contribution in [3.63, 3.8) is 0 Å². The van der Waals surface area contributed by atoms with Gasteiger partial charge in [0.1, 0.15) is 11.4 Å². The van der Waals surface area contributed by atoms with Gasteiger partial charge in [-0.15, -0.1) is 0 Å². The molecular weight excluding hydrogens is 528 g/mol. The molecule has 0 radical (unpaired) electrons. The van der Waals surface area contributed by atoms with Crippen molar-refractivity contribution in [2.24, 2.45) is 5.41 Å². The van der Waals surface area contributed by atoms with Gasteiger partial charge in [0.2, 0.25) is 0 Å². The Morgan fingerprint density at radius 1 is 1.10 bits per heavy atom. The topological polar surface area (TPSA) is 98.4 Å². The van der Waals surface area contributed by atoms with Gasteiger partial charge in [0.05, 0.1) is 36.5 Å². The lowest BCUT2D eigenvalue weighted by molar-refractivity contribution is -0.122. The molecule has 1 saturated carbocycles. The highest BCUT2D eigenvalue weighted by Crippen LogP contribution is 2.51. The van der Waals surface area contributed by atoms with Gasteiger partial charge in [-0.1, -0.05) is 30.7 Å². The van der Waals surface area contributed by atoms with Crippen LogP contribution in [-0.2, 0) is 16.0 Å². The van der Waals surface area contributed by atoms with Crippen molar-refractivity contribution in [1.82, 2.24) is 4.57 Å². The average Bonchev–Trinajstić information content (AvgIpc) is 3.63. The Morgan fingerprint density at radius 2 is 1.77 bits per heavy atom. The molecule has 0 spiro atoms. The number of esters is 1. The molecule has 1 aliphatic carbocycles. The van der Waals surface area contributed by atoms with E-state index < -0.39 is 17.6 Å². The molecule has 7 nitrogen and oxygen atoms in total. The van der Waals surface area contributed by atoms with Crippen LogP contribution in [0.1, 0.15) is 74.5 Å². The number of methoxy groups -OCH3 is 1. The van der Waals surface area contributed by atoms with Crippen LogP contribution in [0.3, 0.4) is 0 Å². The van der Waals surface area contributed by atoms with Crippen LogP contribution >= 0.6 is 11.6 Å². The molecule has 1 aliphatic rings. The van der Waals surface area contributed by atoms with E-state index in [1.54, 1.807) is 69.4 Å². The van der Waals surface area contributed by atoms with E-state index in [9.17, 15) is 19.6 Å². The lowest BCUT2D eigenvalue weighted by Gasteiger charge is -2.24. The molecule has 40 heavy (non-hydrogen) atoms. The molecule has 0 bridgehead atoms. The molecule has 8 heteroatoms. The summed E-state index contributed by atoms with van der Waals surface area (Å²) in [6.07, 6.45) is 4.14. The predicted octanol–water partition coefficient (Wildman–Crippen LogP) is 6.55. The van der Waals surface area contributed by atoms with E-state index >= 15 is 0 Å². The van der Waals surface area contributed by atoms with Crippen LogP contribution in [0, 0.1) is 16.7 Å². The summed E-state index contributed by atoms with van der Waals surface area (Å²) in [4.78, 5) is 39.6. The first kappa shape index (κ1) is 29.1. The molecular formula is C32H33ClN2O5. The smallest absolute Gasteiger partial charge is 0.338 e. The Balaban J connectivity index is 1.66. The maximum absolute atomic E-state index is 13.7. The number of nitrogens with zero attached hydrogens (tertiary/aromatic N) is 2. The number of carbonyl (C=O) groups excluding carboxylic acids is 2. The predicted molar refractivity (Wildman–Crippen MR) is 154 cm³/mol. The van der Waals surface area contributed by atoms with Crippen LogP contribution in [0.2, 0.25) is 5.02 Å². The highest BCUT2D eigenvalue weighted by molar-refractivity contribution is 6.31. The number of hydrogen-bond donors (Lipinski definition) is 0. The molecule has 2 aromatic carbocycles. The third-order valence-electron chi connectivity index (χ3n) is 7.12. The fraction of sp³-hybridized carbons (Fsp3) is 0.375. The first-order valence-corrected chi connectivity index (χ1v) is 13.6. The number of ether oxygens (including phenoxy) is 2. The lowest BCUT2D eigenvalue weighted by atomic mass is 9.92. The van der Waals surface area contributed by atoms with Gasteiger partial charge in [-0.3, -0.25) is 9.59 Å². The van der Waals surface area contributed by atoms with Crippen molar-refractivity contribution in [3.8, 4) is 22.9 Å². The van der Waals surface area contributed by atoms with E-state index in [4.69, 9.17) is 21.1 Å². The second kappa shape index (κ2) is 11.3. The second-order valence-electron chi connectivity index (χ2n) is 11.7. The number of aromatic nitrogens is 1. The monoisotopic (exact) mass is 560 g/mol. The van der Waals surface area contributed by atoms with Gasteiger partial charge in [0, 0.05) is 28.6 Å². The SMILES string of the molecule is COc1cn(C(CC2(C)CC2)C(=O)Cc2ccc(C(=O)OC(C)(C)C)cc2)c(=O)cc1-c1cc(Cl)ccc1C#N. The Kier molecular flexibility index (Phi) is 8.23. The molecule has 4 rings (SSSR count). The van der Waals surface area contributed by atoms with Crippen LogP contribution in [0.15, 0.2) is 59.5 Å². The Hall–Kier alpha value is -3.89. The zero-order valence-electron chi connectivity index (χ0n) is 23.4. The highest BCUT2D eigenvalue weighted by atomic mass is 35.5. The zero-order valence-corrected chi connectivity index (χ0v) is 24.2. The lowest BCUT2D eigenvalue weighted by Crippen LogP contribution is -2.32. The van der Waals surface area contributed by atoms with Crippen molar-refractivity contribution in [2.45, 2.75) is 65.0 Å². The molecule has 208 valence electrons. The van der Waals surface area contributed by atoms with Crippen molar-refractivity contribution in [3.05, 3.63) is 86.8 Å². The van der Waals surface area contributed by atoms with E-state index in [1.807, 2.05) is 0 Å². The van der Waals surface area contributed by atoms with Gasteiger partial charge < -0.3 is 14.0 Å². The number of benzene rings is 2. The summed E-state index contributed by atoms with van der Waals surface area (Å²) in [5.74, 6) is -0.183. The first-order chi connectivity index (χ1) is 18.8. The van der Waals surface area contributed by atoms with Crippen molar-refractivity contribution in [1.29, 1.82) is 5.26 Å². The third kappa shape index (κ3) is 6.81. The third-order valence-corrected chi connectivity index (χ3v) is 7.36. The van der Waals surface area contributed by atoms with Gasteiger partial charge in [-0.05, 0) is 81.3 Å². The van der Waals surface area contributed by atoms with Crippen LogP contribution < -0.4 is 10.3 Å². The Labute approximate surface area is 239 Å². The summed E-state index contributed by atoms with van der Waals surface area (Å²) in [6.45, 7) is 7.53. The van der Waals surface area contributed by atoms with Gasteiger partial charge in [0.15, 0.2) is 5.78 Å². The Morgan fingerprint density at radius 3 is 2.35 bits per heavy atom. The summed E-state index contributed by atoms with van der Waals surface area (Å²) in [7, 11) is 1.48. The minimum atomic E-state index is -0.705. The fourth-order valence-corrected chi connectivity index (χ4v) is 4.82. The molecule has 1 heterocycles. The largest absolute Gasteiger partial charge is 0.495 e. The van der Waals surface area contributed by atoms with Crippen LogP contribution in [0.5, 0.6) is 5.75 Å². The number of rotatable bonds is 9. The summed E-state index contributed by atoms with van der Waals surface area (Å²) in [5.41, 5.74) is 1.41. The van der Waals surface area contributed by atoms with Crippen LogP contribution in [0.25, 0.3) is 11.1 Å². The zero-order chi connectivity index (χ0) is 29.2. The van der Waals surface area contributed by atoms with Gasteiger partial charge in [-0.25, -0.2) is 4.79 Å². The molecule has 0 N–H and O–H groups in total. The molecule has 1 aromatic heterocycles. The fourth-order valence-electron chi connectivity index (χ4n) is 4.65. The van der Waals surface area contributed by atoms with Crippen molar-refractivity contribution < 1.29 is 19.1 Å². The maximum atomic E-state index is 13.7. The minimum absolute atomic E-state index is 0.0207. The summed E-state index contributed by atoms with van der Waals surface area (Å²) in [5, 5.41) is 10.0. The normalized spacial score (nSPS) is 14.6. The van der Waals surface area contributed by atoms with Crippen LogP contribution in [-0.4, -0.2) is 29.0 Å². The van der Waals surface area contributed by atoms with E-state index in [1.165, 1.54) is 17.7 Å². The van der Waals surface area contributed by atoms with Crippen molar-refractivity contribution >= 4 is 23.4 Å². The standard InChI is InChI=1S/C32H33ClN2O5/c1-31(2,3)40-30(38)21-8-6-20(7-9-21)14-27(36)26(17-32(4)12-13-32)35-19-28(39-5)25(16-29(35)37)24-15-23(33)11-10-22(24)18-34/h6-11,15-16,19,26H,12-14,17H2,1-5H3. The van der Waals surface area contributed by atoms with E-state index in [2.05, 4.69) is 13.0 Å². The molecule has 3 aromatic rings. The molecule has 0 amide bonds. The average molecular weight is 561 g/mol. The summed E-state index contributed by atoms with van der Waals surface area (Å²) >= 11 is 6.19. The van der Waals surface area contributed by atoms with Crippen LogP contribution in [0.4, 0.5) is 0 Å². The van der Waals surface area contributed by atoms with Crippen molar-refractivity contribution in [2.75, 3.05) is 7.11 Å². The van der Waals surface area contributed by atoms with E-state index in [0.717, 1.165) is 18.4 Å². The number of nitriles is 1. The second-order valence-corrected chi connectivity index (χ2v) is 12.1. The minimum Gasteiger partial charge on any atom is -0.495 e. The molecule has 0 aliphatic heterocycles. The van der Waals surface area contributed by atoms with Gasteiger partial charge in [-0.2, -0.15) is 5.26 Å². The Bertz CT molecular complexity index is 1540. The number of halogens is 1. The molecule has 1 unspecified atom stereocenters. The molecule has 1 fully saturated rings. The van der Waals surface area contributed by atoms with Gasteiger partial charge >= 0.3 is 5.97 Å². The number of carbonyl (C=O) groups is 2. The number of hydrogen-bond acceptors (Lipinski definition) is 6. The number of Topliss-reactive ketones (excluding diaryl/α,β-unsaturated/α-hetero) is 1.